The van der Waals surface area contributed by atoms with E-state index in [9.17, 15) is 24.0 Å². The van der Waals surface area contributed by atoms with Crippen molar-refractivity contribution >= 4 is 41.1 Å². The molecule has 0 aliphatic rings. The van der Waals surface area contributed by atoms with Gasteiger partial charge in [0.25, 0.3) is 5.91 Å². The molecule has 0 spiro atoms. The molecule has 0 aromatic heterocycles. The molecule has 0 aliphatic carbocycles. The molecule has 260 valence electrons. The summed E-state index contributed by atoms with van der Waals surface area (Å²) in [7, 11) is 0. The number of carbonyl (C=O) groups excluding carboxylic acids is 5. The van der Waals surface area contributed by atoms with E-state index in [2.05, 4.69) is 38.5 Å². The third kappa shape index (κ3) is 15.4. The fraction of sp³-hybridized carbons (Fsp3) is 0.485. The van der Waals surface area contributed by atoms with Crippen molar-refractivity contribution in [2.24, 2.45) is 5.92 Å². The highest BCUT2D eigenvalue weighted by Crippen LogP contribution is 2.17. The molecular weight excluding hydrogens is 626 g/mol. The Morgan fingerprint density at radius 3 is 2.28 bits per heavy atom. The highest BCUT2D eigenvalue weighted by molar-refractivity contribution is 6.31. The van der Waals surface area contributed by atoms with Crippen LogP contribution in [0.1, 0.15) is 53.0 Å². The van der Waals surface area contributed by atoms with Gasteiger partial charge >= 0.3 is 0 Å². The SMILES string of the molecule is C=C/C=C(\C=C/[NH2+]O)C(=O)NCC(=O)N[C@@H](CCC)C(=O)N[C@H](CN[C@@H](C)C(=O)N[C@H](C(=O)NCC)C(C)C)Cc1ccccc1Cl. The van der Waals surface area contributed by atoms with Crippen LogP contribution in [0.25, 0.3) is 0 Å². The maximum absolute atomic E-state index is 13.5. The predicted octanol–water partition coefficient (Wildman–Crippen LogP) is 0.602. The van der Waals surface area contributed by atoms with E-state index in [4.69, 9.17) is 16.8 Å². The molecule has 1 rings (SSSR count). The molecule has 0 saturated carbocycles. The van der Waals surface area contributed by atoms with Gasteiger partial charge in [-0.3, -0.25) is 24.0 Å². The zero-order valence-electron chi connectivity index (χ0n) is 27.9. The van der Waals surface area contributed by atoms with Crippen LogP contribution >= 0.6 is 11.6 Å². The number of quaternary nitrogens is 1. The van der Waals surface area contributed by atoms with Crippen molar-refractivity contribution < 1.29 is 34.7 Å². The quantitative estimate of drug-likeness (QED) is 0.0531. The number of hydrogen-bond acceptors (Lipinski definition) is 7. The summed E-state index contributed by atoms with van der Waals surface area (Å²) >= 11 is 6.42. The van der Waals surface area contributed by atoms with E-state index >= 15 is 0 Å². The molecule has 5 amide bonds. The van der Waals surface area contributed by atoms with Crippen molar-refractivity contribution in [3.8, 4) is 0 Å². The number of hydroxylamine groups is 1. The lowest BCUT2D eigenvalue weighted by atomic mass is 10.0. The average Bonchev–Trinajstić information content (AvgIpc) is 3.03. The fourth-order valence-corrected chi connectivity index (χ4v) is 4.67. The maximum atomic E-state index is 13.5. The van der Waals surface area contributed by atoms with E-state index in [0.717, 1.165) is 11.0 Å². The molecule has 0 aliphatic heterocycles. The van der Waals surface area contributed by atoms with Gasteiger partial charge in [0.2, 0.25) is 23.6 Å². The lowest BCUT2D eigenvalue weighted by Gasteiger charge is -2.27. The Bertz CT molecular complexity index is 1270. The van der Waals surface area contributed by atoms with Crippen LogP contribution in [0, 0.1) is 5.92 Å². The number of rotatable bonds is 21. The van der Waals surface area contributed by atoms with Crippen molar-refractivity contribution in [1.29, 1.82) is 0 Å². The molecule has 9 N–H and O–H groups in total. The van der Waals surface area contributed by atoms with Crippen LogP contribution in [0.4, 0.5) is 0 Å². The smallest absolute Gasteiger partial charge is 0.251 e. The van der Waals surface area contributed by atoms with Gasteiger partial charge in [-0.25, -0.2) is 5.21 Å². The van der Waals surface area contributed by atoms with E-state index < -0.39 is 41.9 Å². The van der Waals surface area contributed by atoms with Crippen LogP contribution in [-0.4, -0.2) is 78.5 Å². The second kappa shape index (κ2) is 22.5. The highest BCUT2D eigenvalue weighted by Gasteiger charge is 2.27. The molecule has 0 radical (unpaired) electrons. The molecular formula is C33H51ClN7O6+. The summed E-state index contributed by atoms with van der Waals surface area (Å²) in [6.07, 6.45) is 6.69. The van der Waals surface area contributed by atoms with Gasteiger partial charge in [0, 0.05) is 35.8 Å². The van der Waals surface area contributed by atoms with Crippen LogP contribution in [0.2, 0.25) is 5.02 Å². The second-order valence-electron chi connectivity index (χ2n) is 11.2. The van der Waals surface area contributed by atoms with Crippen LogP contribution in [0.3, 0.4) is 0 Å². The topological polar surface area (TPSA) is 194 Å². The maximum Gasteiger partial charge on any atom is 0.251 e. The number of benzene rings is 1. The van der Waals surface area contributed by atoms with Gasteiger partial charge in [0.05, 0.1) is 12.6 Å². The minimum atomic E-state index is -0.894. The van der Waals surface area contributed by atoms with Crippen LogP contribution < -0.4 is 37.4 Å². The molecule has 1 aromatic carbocycles. The molecule has 0 saturated heterocycles. The van der Waals surface area contributed by atoms with Crippen molar-refractivity contribution in [3.05, 3.63) is 71.4 Å². The van der Waals surface area contributed by atoms with Gasteiger partial charge in [-0.15, -0.1) is 0 Å². The molecule has 4 atom stereocenters. The molecule has 0 unspecified atom stereocenters. The van der Waals surface area contributed by atoms with Crippen molar-refractivity contribution in [2.75, 3.05) is 19.6 Å². The first-order chi connectivity index (χ1) is 22.4. The van der Waals surface area contributed by atoms with Gasteiger partial charge in [0.1, 0.15) is 18.3 Å². The van der Waals surface area contributed by atoms with Crippen molar-refractivity contribution in [2.45, 2.75) is 78.0 Å². The number of hydrogen-bond donors (Lipinski definition) is 8. The Kier molecular flexibility index (Phi) is 19.6. The largest absolute Gasteiger partial charge is 0.355 e. The third-order valence-electron chi connectivity index (χ3n) is 6.99. The molecule has 47 heavy (non-hydrogen) atoms. The highest BCUT2D eigenvalue weighted by atomic mass is 35.5. The number of amides is 5. The summed E-state index contributed by atoms with van der Waals surface area (Å²) in [6, 6.07) is 4.40. The molecule has 0 fully saturated rings. The minimum absolute atomic E-state index is 0.128. The van der Waals surface area contributed by atoms with Gasteiger partial charge < -0.3 is 31.9 Å². The van der Waals surface area contributed by atoms with E-state index in [-0.39, 0.29) is 36.4 Å². The number of halogens is 1. The summed E-state index contributed by atoms with van der Waals surface area (Å²) in [6.45, 7) is 12.8. The third-order valence-corrected chi connectivity index (χ3v) is 7.36. The normalized spacial score (nSPS) is 14.1. The lowest BCUT2D eigenvalue weighted by molar-refractivity contribution is -0.838. The van der Waals surface area contributed by atoms with Gasteiger partial charge in [0.15, 0.2) is 0 Å². The number of likely N-dealkylation sites (N-methyl/N-ethyl adjacent to an activating group) is 1. The molecule has 0 bridgehead atoms. The fourth-order valence-electron chi connectivity index (χ4n) is 4.46. The van der Waals surface area contributed by atoms with Gasteiger partial charge in [-0.1, -0.05) is 69.6 Å². The molecule has 13 nitrogen and oxygen atoms in total. The summed E-state index contributed by atoms with van der Waals surface area (Å²) in [5.41, 5.74) is 1.72. The first-order valence-corrected chi connectivity index (χ1v) is 16.2. The number of nitrogens with two attached hydrogens (primary N) is 1. The monoisotopic (exact) mass is 676 g/mol. The van der Waals surface area contributed by atoms with E-state index in [0.29, 0.717) is 30.8 Å². The second-order valence-corrected chi connectivity index (χ2v) is 11.6. The summed E-state index contributed by atoms with van der Waals surface area (Å²) < 4.78 is 0. The Balaban J connectivity index is 3.00. The van der Waals surface area contributed by atoms with Gasteiger partial charge in [-0.2, -0.15) is 5.48 Å². The van der Waals surface area contributed by atoms with Gasteiger partial charge in [-0.05, 0) is 50.3 Å². The van der Waals surface area contributed by atoms with Crippen LogP contribution in [0.5, 0.6) is 0 Å². The first kappa shape index (κ1) is 41.0. The van der Waals surface area contributed by atoms with Crippen molar-refractivity contribution in [3.63, 3.8) is 0 Å². The molecule has 1 aromatic rings. The standard InChI is InChI=1S/C33H50ClN7O6/c1-7-12-23(16-17-38-47)31(44)37-20-28(42)40-27(13-8-2)32(45)39-25(18-24-14-10-11-15-26(24)34)19-36-22(6)30(43)41-29(21(4)5)33(46)35-9-3/h7,10-12,14-17,21-22,25,27,29,36,38,47H,1,8-9,13,18-20H2,2-6H3,(H,35,46)(H,37,44)(H,39,45)(H,40,42)(H,41,43)/p+1/b17-16-,23-12+/t22-,25-,27-,29-/m0/s1. The van der Waals surface area contributed by atoms with Crippen LogP contribution in [-0.2, 0) is 30.4 Å². The van der Waals surface area contributed by atoms with E-state index in [1.165, 1.54) is 24.4 Å². The zero-order chi connectivity index (χ0) is 35.4. The van der Waals surface area contributed by atoms with Crippen molar-refractivity contribution in [1.82, 2.24) is 31.9 Å². The predicted molar refractivity (Wildman–Crippen MR) is 181 cm³/mol. The lowest BCUT2D eigenvalue weighted by Crippen LogP contribution is -2.73. The Hall–Kier alpha value is -4.04. The summed E-state index contributed by atoms with van der Waals surface area (Å²) in [5.74, 6) is -2.33. The summed E-state index contributed by atoms with van der Waals surface area (Å²) in [5, 5.41) is 26.2. The average molecular weight is 677 g/mol. The van der Waals surface area contributed by atoms with Crippen LogP contribution in [0.15, 0.2) is 60.8 Å². The first-order valence-electron chi connectivity index (χ1n) is 15.8. The number of carbonyl (C=O) groups is 5. The van der Waals surface area contributed by atoms with E-state index in [1.807, 2.05) is 32.9 Å². The number of nitrogens with one attached hydrogen (secondary N) is 6. The Labute approximate surface area is 282 Å². The minimum Gasteiger partial charge on any atom is -0.355 e. The Morgan fingerprint density at radius 2 is 1.68 bits per heavy atom. The zero-order valence-corrected chi connectivity index (χ0v) is 28.7. The Morgan fingerprint density at radius 1 is 0.979 bits per heavy atom. The summed E-state index contributed by atoms with van der Waals surface area (Å²) in [4.78, 5) is 64.2. The van der Waals surface area contributed by atoms with E-state index in [1.54, 1.807) is 26.0 Å². The molecule has 14 heteroatoms. The number of allylic oxidation sites excluding steroid dienone is 2. The molecule has 0 heterocycles.